The van der Waals surface area contributed by atoms with Gasteiger partial charge in [-0.25, -0.2) is 18.4 Å². The molecule has 1 aromatic carbocycles. The standard InChI is InChI=1S/C21H22N4O4S2/c1-15-13-16(29-21-22-9-4-10-23-21)5-7-18(15)24-19(26)14-17-6-8-20(30-17)31(27,28)25-11-2-3-12-25/h4-10,13H,2-3,11-12,14H2,1H3,(H,24,26). The minimum absolute atomic E-state index is 0.107. The first-order chi connectivity index (χ1) is 14.9. The van der Waals surface area contributed by atoms with E-state index in [1.165, 1.54) is 4.31 Å². The first kappa shape index (κ1) is 21.4. The zero-order valence-electron chi connectivity index (χ0n) is 16.9. The second-order valence-corrected chi connectivity index (χ2v) is 10.5. The fourth-order valence-corrected chi connectivity index (χ4v) is 6.31. The normalized spacial score (nSPS) is 14.5. The van der Waals surface area contributed by atoms with Crippen molar-refractivity contribution in [2.24, 2.45) is 0 Å². The molecule has 3 heterocycles. The highest BCUT2D eigenvalue weighted by Crippen LogP contribution is 2.28. The number of aryl methyl sites for hydroxylation is 1. The Kier molecular flexibility index (Phi) is 6.30. The summed E-state index contributed by atoms with van der Waals surface area (Å²) in [6.07, 6.45) is 5.07. The summed E-state index contributed by atoms with van der Waals surface area (Å²) in [4.78, 5) is 21.2. The molecule has 0 atom stereocenters. The van der Waals surface area contributed by atoms with Crippen molar-refractivity contribution in [3.8, 4) is 11.8 Å². The van der Waals surface area contributed by atoms with Gasteiger partial charge >= 0.3 is 6.01 Å². The average Bonchev–Trinajstić information content (AvgIpc) is 3.44. The highest BCUT2D eigenvalue weighted by molar-refractivity contribution is 7.91. The van der Waals surface area contributed by atoms with Crippen LogP contribution in [0.4, 0.5) is 5.69 Å². The molecule has 2 aromatic heterocycles. The molecule has 1 N–H and O–H groups in total. The molecule has 10 heteroatoms. The zero-order valence-corrected chi connectivity index (χ0v) is 18.6. The van der Waals surface area contributed by atoms with E-state index in [0.29, 0.717) is 29.4 Å². The van der Waals surface area contributed by atoms with E-state index < -0.39 is 10.0 Å². The van der Waals surface area contributed by atoms with Gasteiger partial charge in [0, 0.05) is 36.0 Å². The molecular weight excluding hydrogens is 436 g/mol. The Morgan fingerprint density at radius 3 is 2.61 bits per heavy atom. The fraction of sp³-hybridized carbons (Fsp3) is 0.286. The predicted molar refractivity (Wildman–Crippen MR) is 118 cm³/mol. The van der Waals surface area contributed by atoms with Gasteiger partial charge in [0.15, 0.2) is 0 Å². The van der Waals surface area contributed by atoms with Gasteiger partial charge in [0.1, 0.15) is 9.96 Å². The number of nitrogens with zero attached hydrogens (tertiary/aromatic N) is 3. The Morgan fingerprint density at radius 1 is 1.16 bits per heavy atom. The van der Waals surface area contributed by atoms with Crippen LogP contribution in [0.5, 0.6) is 11.8 Å². The van der Waals surface area contributed by atoms with Gasteiger partial charge in [0.2, 0.25) is 5.91 Å². The molecule has 1 saturated heterocycles. The second-order valence-electron chi connectivity index (χ2n) is 7.17. The lowest BCUT2D eigenvalue weighted by atomic mass is 10.2. The van der Waals surface area contributed by atoms with E-state index in [9.17, 15) is 13.2 Å². The lowest BCUT2D eigenvalue weighted by molar-refractivity contribution is -0.115. The molecule has 4 rings (SSSR count). The molecule has 162 valence electrons. The minimum Gasteiger partial charge on any atom is -0.424 e. The third kappa shape index (κ3) is 5.09. The summed E-state index contributed by atoms with van der Waals surface area (Å²) in [6, 6.07) is 10.5. The Labute approximate surface area is 185 Å². The van der Waals surface area contributed by atoms with Crippen LogP contribution in [0, 0.1) is 6.92 Å². The maximum atomic E-state index is 12.6. The molecule has 1 amide bonds. The predicted octanol–water partition coefficient (Wildman–Crippen LogP) is 3.60. The monoisotopic (exact) mass is 458 g/mol. The van der Waals surface area contributed by atoms with E-state index in [1.54, 1.807) is 48.8 Å². The molecule has 3 aromatic rings. The van der Waals surface area contributed by atoms with Crippen molar-refractivity contribution in [2.45, 2.75) is 30.4 Å². The highest BCUT2D eigenvalue weighted by atomic mass is 32.2. The molecule has 31 heavy (non-hydrogen) atoms. The number of amides is 1. The number of carbonyl (C=O) groups excluding carboxylic acids is 1. The summed E-state index contributed by atoms with van der Waals surface area (Å²) in [5, 5.41) is 2.87. The van der Waals surface area contributed by atoms with E-state index in [0.717, 1.165) is 29.7 Å². The molecule has 0 radical (unpaired) electrons. The Bertz CT molecular complexity index is 1170. The first-order valence-corrected chi connectivity index (χ1v) is 12.1. The average molecular weight is 459 g/mol. The van der Waals surface area contributed by atoms with Gasteiger partial charge in [0.25, 0.3) is 10.0 Å². The number of sulfonamides is 1. The summed E-state index contributed by atoms with van der Waals surface area (Å²) >= 11 is 1.15. The molecule has 0 bridgehead atoms. The number of aromatic nitrogens is 2. The van der Waals surface area contributed by atoms with E-state index in [2.05, 4.69) is 15.3 Å². The number of thiophene rings is 1. The molecule has 1 aliphatic rings. The number of carbonyl (C=O) groups is 1. The number of hydrogen-bond donors (Lipinski definition) is 1. The molecule has 1 fully saturated rings. The van der Waals surface area contributed by atoms with E-state index in [4.69, 9.17) is 4.74 Å². The van der Waals surface area contributed by atoms with Crippen LogP contribution in [0.1, 0.15) is 23.3 Å². The van der Waals surface area contributed by atoms with E-state index in [1.807, 2.05) is 6.92 Å². The third-order valence-electron chi connectivity index (χ3n) is 4.85. The number of hydrogen-bond acceptors (Lipinski definition) is 7. The maximum absolute atomic E-state index is 12.6. The summed E-state index contributed by atoms with van der Waals surface area (Å²) in [7, 11) is -3.45. The van der Waals surface area contributed by atoms with Crippen LogP contribution < -0.4 is 10.1 Å². The van der Waals surface area contributed by atoms with Crippen LogP contribution in [0.15, 0.2) is 53.0 Å². The summed E-state index contributed by atoms with van der Waals surface area (Å²) in [5.74, 6) is 0.354. The SMILES string of the molecule is Cc1cc(Oc2ncccn2)ccc1NC(=O)Cc1ccc(S(=O)(=O)N2CCCC2)s1. The van der Waals surface area contributed by atoms with Crippen LogP contribution >= 0.6 is 11.3 Å². The lowest BCUT2D eigenvalue weighted by Crippen LogP contribution is -2.27. The van der Waals surface area contributed by atoms with Crippen LogP contribution in [-0.2, 0) is 21.2 Å². The van der Waals surface area contributed by atoms with Gasteiger partial charge in [0.05, 0.1) is 6.42 Å². The van der Waals surface area contributed by atoms with Crippen LogP contribution in [0.2, 0.25) is 0 Å². The lowest BCUT2D eigenvalue weighted by Gasteiger charge is -2.13. The molecule has 1 aliphatic heterocycles. The molecule has 0 unspecified atom stereocenters. The van der Waals surface area contributed by atoms with E-state index >= 15 is 0 Å². The fourth-order valence-electron chi connectivity index (χ4n) is 3.28. The smallest absolute Gasteiger partial charge is 0.321 e. The molecule has 0 saturated carbocycles. The Morgan fingerprint density at radius 2 is 1.90 bits per heavy atom. The zero-order chi connectivity index (χ0) is 21.8. The van der Waals surface area contributed by atoms with Crippen molar-refractivity contribution < 1.29 is 17.9 Å². The second kappa shape index (κ2) is 9.13. The Balaban J connectivity index is 1.38. The quantitative estimate of drug-likeness (QED) is 0.580. The van der Waals surface area contributed by atoms with Crippen molar-refractivity contribution >= 4 is 33.0 Å². The van der Waals surface area contributed by atoms with Gasteiger partial charge in [-0.2, -0.15) is 4.31 Å². The summed E-state index contributed by atoms with van der Waals surface area (Å²) in [5.41, 5.74) is 1.48. The van der Waals surface area contributed by atoms with Crippen molar-refractivity contribution in [1.29, 1.82) is 0 Å². The van der Waals surface area contributed by atoms with Crippen molar-refractivity contribution in [1.82, 2.24) is 14.3 Å². The summed E-state index contributed by atoms with van der Waals surface area (Å²) in [6.45, 7) is 2.98. The molecule has 8 nitrogen and oxygen atoms in total. The van der Waals surface area contributed by atoms with Crippen molar-refractivity contribution in [2.75, 3.05) is 18.4 Å². The third-order valence-corrected chi connectivity index (χ3v) is 8.31. The number of nitrogens with one attached hydrogen (secondary N) is 1. The van der Waals surface area contributed by atoms with Gasteiger partial charge in [-0.15, -0.1) is 11.3 Å². The van der Waals surface area contributed by atoms with Crippen LogP contribution in [0.3, 0.4) is 0 Å². The van der Waals surface area contributed by atoms with Crippen LogP contribution in [0.25, 0.3) is 0 Å². The number of rotatable bonds is 7. The van der Waals surface area contributed by atoms with E-state index in [-0.39, 0.29) is 22.5 Å². The minimum atomic E-state index is -3.45. The van der Waals surface area contributed by atoms with Gasteiger partial charge in [-0.3, -0.25) is 4.79 Å². The van der Waals surface area contributed by atoms with Crippen molar-refractivity contribution in [3.63, 3.8) is 0 Å². The number of anilines is 1. The molecular formula is C21H22N4O4S2. The number of ether oxygens (including phenoxy) is 1. The molecule has 0 aliphatic carbocycles. The van der Waals surface area contributed by atoms with Crippen LogP contribution in [-0.4, -0.2) is 41.7 Å². The van der Waals surface area contributed by atoms with Gasteiger partial charge < -0.3 is 10.1 Å². The molecule has 0 spiro atoms. The largest absolute Gasteiger partial charge is 0.424 e. The number of benzene rings is 1. The van der Waals surface area contributed by atoms with Gasteiger partial charge in [-0.05, 0) is 61.7 Å². The van der Waals surface area contributed by atoms with Crippen molar-refractivity contribution in [3.05, 3.63) is 59.2 Å². The summed E-state index contributed by atoms with van der Waals surface area (Å²) < 4.78 is 32.7. The topological polar surface area (TPSA) is 101 Å². The highest BCUT2D eigenvalue weighted by Gasteiger charge is 2.28. The first-order valence-electron chi connectivity index (χ1n) is 9.86. The maximum Gasteiger partial charge on any atom is 0.321 e. The van der Waals surface area contributed by atoms with Gasteiger partial charge in [-0.1, -0.05) is 0 Å². The Hall–Kier alpha value is -2.82.